The van der Waals surface area contributed by atoms with Gasteiger partial charge < -0.3 is 15.0 Å². The third-order valence-electron chi connectivity index (χ3n) is 5.11. The highest BCUT2D eigenvalue weighted by atomic mass is 19.1. The van der Waals surface area contributed by atoms with Gasteiger partial charge in [-0.25, -0.2) is 8.78 Å². The van der Waals surface area contributed by atoms with Gasteiger partial charge in [0.1, 0.15) is 18.2 Å². The van der Waals surface area contributed by atoms with E-state index in [0.29, 0.717) is 18.4 Å². The number of aryl methyl sites for hydroxylation is 1. The average molecular weight is 402 g/mol. The lowest BCUT2D eigenvalue weighted by atomic mass is 10.1. The van der Waals surface area contributed by atoms with Crippen LogP contribution in [0.15, 0.2) is 36.4 Å². The van der Waals surface area contributed by atoms with Gasteiger partial charge in [0.2, 0.25) is 5.91 Å². The molecule has 0 saturated carbocycles. The molecule has 29 heavy (non-hydrogen) atoms. The van der Waals surface area contributed by atoms with Gasteiger partial charge in [-0.05, 0) is 56.0 Å². The van der Waals surface area contributed by atoms with Crippen LogP contribution in [-0.4, -0.2) is 42.5 Å². The van der Waals surface area contributed by atoms with Gasteiger partial charge in [0.25, 0.3) is 5.91 Å². The summed E-state index contributed by atoms with van der Waals surface area (Å²) in [6.07, 6.45) is 1.41. The first kappa shape index (κ1) is 20.9. The SMILES string of the molecule is Cc1cccc(NC(=O)CN(C[C@@H]2CCCO2)C(=O)c2ccc(F)cc2F)c1C. The van der Waals surface area contributed by atoms with E-state index in [1.807, 2.05) is 26.0 Å². The normalized spacial score (nSPS) is 15.9. The summed E-state index contributed by atoms with van der Waals surface area (Å²) in [7, 11) is 0. The lowest BCUT2D eigenvalue weighted by Gasteiger charge is -2.25. The molecule has 0 aliphatic carbocycles. The topological polar surface area (TPSA) is 58.6 Å². The van der Waals surface area contributed by atoms with Gasteiger partial charge >= 0.3 is 0 Å². The van der Waals surface area contributed by atoms with Crippen molar-refractivity contribution in [3.8, 4) is 0 Å². The van der Waals surface area contributed by atoms with Gasteiger partial charge in [0.05, 0.1) is 11.7 Å². The van der Waals surface area contributed by atoms with E-state index in [-0.39, 0.29) is 24.8 Å². The van der Waals surface area contributed by atoms with E-state index in [2.05, 4.69) is 5.32 Å². The first-order valence-electron chi connectivity index (χ1n) is 9.57. The van der Waals surface area contributed by atoms with Gasteiger partial charge in [-0.15, -0.1) is 0 Å². The average Bonchev–Trinajstić information content (AvgIpc) is 3.17. The fourth-order valence-electron chi connectivity index (χ4n) is 3.34. The summed E-state index contributed by atoms with van der Waals surface area (Å²) >= 11 is 0. The number of nitrogens with zero attached hydrogens (tertiary/aromatic N) is 1. The summed E-state index contributed by atoms with van der Waals surface area (Å²) in [5.41, 5.74) is 2.35. The van der Waals surface area contributed by atoms with Crippen LogP contribution in [0.2, 0.25) is 0 Å². The Balaban J connectivity index is 1.78. The van der Waals surface area contributed by atoms with Crippen LogP contribution in [0.5, 0.6) is 0 Å². The fourth-order valence-corrected chi connectivity index (χ4v) is 3.34. The summed E-state index contributed by atoms with van der Waals surface area (Å²) < 4.78 is 32.9. The van der Waals surface area contributed by atoms with Crippen molar-refractivity contribution in [2.45, 2.75) is 32.8 Å². The molecule has 0 aromatic heterocycles. The largest absolute Gasteiger partial charge is 0.376 e. The zero-order valence-corrected chi connectivity index (χ0v) is 16.5. The van der Waals surface area contributed by atoms with Gasteiger partial charge in [0, 0.05) is 24.9 Å². The number of amides is 2. The predicted molar refractivity (Wildman–Crippen MR) is 106 cm³/mol. The number of carbonyl (C=O) groups excluding carboxylic acids is 2. The van der Waals surface area contributed by atoms with Crippen LogP contribution in [0, 0.1) is 25.5 Å². The molecule has 2 aromatic carbocycles. The van der Waals surface area contributed by atoms with E-state index in [4.69, 9.17) is 4.74 Å². The first-order chi connectivity index (χ1) is 13.8. The number of benzene rings is 2. The van der Waals surface area contributed by atoms with Crippen LogP contribution < -0.4 is 5.32 Å². The van der Waals surface area contributed by atoms with E-state index in [1.165, 1.54) is 4.90 Å². The van der Waals surface area contributed by atoms with E-state index in [9.17, 15) is 18.4 Å². The standard InChI is InChI=1S/C22H24F2N2O3/c1-14-5-3-7-20(15(14)2)25-21(27)13-26(12-17-6-4-10-29-17)22(28)18-9-8-16(23)11-19(18)24/h3,5,7-9,11,17H,4,6,10,12-13H2,1-2H3,(H,25,27)/t17-/m0/s1. The maximum Gasteiger partial charge on any atom is 0.257 e. The lowest BCUT2D eigenvalue weighted by molar-refractivity contribution is -0.117. The maximum atomic E-state index is 14.1. The van der Waals surface area contributed by atoms with E-state index < -0.39 is 23.4 Å². The Hall–Kier alpha value is -2.80. The summed E-state index contributed by atoms with van der Waals surface area (Å²) in [6.45, 7) is 4.33. The second-order valence-electron chi connectivity index (χ2n) is 7.24. The molecule has 3 rings (SSSR count). The van der Waals surface area contributed by atoms with E-state index in [1.54, 1.807) is 6.07 Å². The fraction of sp³-hybridized carbons (Fsp3) is 0.364. The smallest absolute Gasteiger partial charge is 0.257 e. The van der Waals surface area contributed by atoms with Crippen molar-refractivity contribution in [3.05, 3.63) is 64.7 Å². The Morgan fingerprint density at radius 3 is 2.69 bits per heavy atom. The zero-order chi connectivity index (χ0) is 21.0. The van der Waals surface area contributed by atoms with E-state index in [0.717, 1.165) is 36.1 Å². The van der Waals surface area contributed by atoms with Gasteiger partial charge in [-0.1, -0.05) is 12.1 Å². The Morgan fingerprint density at radius 1 is 1.21 bits per heavy atom. The maximum absolute atomic E-state index is 14.1. The first-order valence-corrected chi connectivity index (χ1v) is 9.57. The lowest BCUT2D eigenvalue weighted by Crippen LogP contribution is -2.42. The molecule has 0 unspecified atom stereocenters. The third kappa shape index (κ3) is 5.17. The molecule has 5 nitrogen and oxygen atoms in total. The van der Waals surface area contributed by atoms with Gasteiger partial charge in [0.15, 0.2) is 0 Å². The molecule has 1 heterocycles. The zero-order valence-electron chi connectivity index (χ0n) is 16.5. The number of ether oxygens (including phenoxy) is 1. The number of nitrogens with one attached hydrogen (secondary N) is 1. The second-order valence-corrected chi connectivity index (χ2v) is 7.24. The Bertz CT molecular complexity index is 911. The Labute approximate surface area is 168 Å². The van der Waals surface area contributed by atoms with Crippen LogP contribution in [0.4, 0.5) is 14.5 Å². The number of anilines is 1. The highest BCUT2D eigenvalue weighted by Gasteiger charge is 2.27. The Kier molecular flexibility index (Phi) is 6.59. The molecule has 1 N–H and O–H groups in total. The number of halogens is 2. The summed E-state index contributed by atoms with van der Waals surface area (Å²) in [5.74, 6) is -2.79. The molecular weight excluding hydrogens is 378 g/mol. The van der Waals surface area contributed by atoms with Crippen LogP contribution in [-0.2, 0) is 9.53 Å². The molecule has 0 spiro atoms. The number of carbonyl (C=O) groups is 2. The molecule has 1 atom stereocenters. The molecule has 7 heteroatoms. The third-order valence-corrected chi connectivity index (χ3v) is 5.11. The molecule has 1 saturated heterocycles. The highest BCUT2D eigenvalue weighted by Crippen LogP contribution is 2.20. The summed E-state index contributed by atoms with van der Waals surface area (Å²) in [4.78, 5) is 26.8. The van der Waals surface area contributed by atoms with Crippen LogP contribution in [0.25, 0.3) is 0 Å². The minimum atomic E-state index is -0.956. The minimum Gasteiger partial charge on any atom is -0.376 e. The second kappa shape index (κ2) is 9.13. The Morgan fingerprint density at radius 2 is 2.00 bits per heavy atom. The molecule has 2 amide bonds. The summed E-state index contributed by atoms with van der Waals surface area (Å²) in [5, 5.41) is 2.81. The molecule has 1 aliphatic rings. The van der Waals surface area contributed by atoms with E-state index >= 15 is 0 Å². The molecule has 154 valence electrons. The van der Waals surface area contributed by atoms with Gasteiger partial charge in [-0.2, -0.15) is 0 Å². The molecule has 1 aliphatic heterocycles. The monoisotopic (exact) mass is 402 g/mol. The molecular formula is C22H24F2N2O3. The molecule has 0 bridgehead atoms. The number of hydrogen-bond donors (Lipinski definition) is 1. The minimum absolute atomic E-state index is 0.163. The molecule has 2 aromatic rings. The van der Waals surface area contributed by atoms with Crippen molar-refractivity contribution in [3.63, 3.8) is 0 Å². The van der Waals surface area contributed by atoms with Crippen LogP contribution in [0.3, 0.4) is 0 Å². The quantitative estimate of drug-likeness (QED) is 0.799. The van der Waals surface area contributed by atoms with Crippen molar-refractivity contribution in [1.29, 1.82) is 0 Å². The molecule has 1 fully saturated rings. The van der Waals surface area contributed by atoms with Crippen molar-refractivity contribution in [2.24, 2.45) is 0 Å². The number of rotatable bonds is 6. The highest BCUT2D eigenvalue weighted by molar-refractivity contribution is 5.99. The van der Waals surface area contributed by atoms with Crippen LogP contribution >= 0.6 is 0 Å². The predicted octanol–water partition coefficient (Wildman–Crippen LogP) is 3.84. The summed E-state index contributed by atoms with van der Waals surface area (Å²) in [6, 6.07) is 8.34. The number of hydrogen-bond acceptors (Lipinski definition) is 3. The van der Waals surface area contributed by atoms with Gasteiger partial charge in [-0.3, -0.25) is 9.59 Å². The van der Waals surface area contributed by atoms with Crippen LogP contribution in [0.1, 0.15) is 34.3 Å². The van der Waals surface area contributed by atoms with Crippen molar-refractivity contribution in [2.75, 3.05) is 25.0 Å². The molecule has 0 radical (unpaired) electrons. The van der Waals surface area contributed by atoms with Crippen molar-refractivity contribution >= 4 is 17.5 Å². The van der Waals surface area contributed by atoms with Crippen molar-refractivity contribution in [1.82, 2.24) is 4.90 Å². The van der Waals surface area contributed by atoms with Crippen molar-refractivity contribution < 1.29 is 23.1 Å².